The number of hydrogen-bond donors (Lipinski definition) is 3. The third kappa shape index (κ3) is 3.67. The second kappa shape index (κ2) is 6.61. The standard InChI is InChI=1S/C18H22F3NO3/c1-9(10-2-4-12(5-3-10)18(19,20)21)6-15(23)22-14-8-11-7-13(14)17(25)16(11)24/h2-5,9,11,13-14,16-17,24-25H,6-8H2,1H3,(H,22,23). The monoisotopic (exact) mass is 357 g/mol. The van der Waals surface area contributed by atoms with Gasteiger partial charge >= 0.3 is 6.18 Å². The van der Waals surface area contributed by atoms with Crippen molar-refractivity contribution in [1.29, 1.82) is 0 Å². The molecule has 0 aliphatic heterocycles. The largest absolute Gasteiger partial charge is 0.416 e. The van der Waals surface area contributed by atoms with E-state index in [-0.39, 0.29) is 36.1 Å². The number of hydrogen-bond acceptors (Lipinski definition) is 3. The van der Waals surface area contributed by atoms with Crippen LogP contribution in [0.15, 0.2) is 24.3 Å². The fourth-order valence-corrected chi connectivity index (χ4v) is 4.13. The number of fused-ring (bicyclic) bond motifs is 2. The van der Waals surface area contributed by atoms with Crippen LogP contribution in [-0.4, -0.2) is 34.4 Å². The molecular formula is C18H22F3NO3. The third-order valence-electron chi connectivity index (χ3n) is 5.56. The SMILES string of the molecule is CC(CC(=O)NC1CC2CC1C(O)C2O)c1ccc(C(F)(F)F)cc1. The molecule has 2 fully saturated rings. The fourth-order valence-electron chi connectivity index (χ4n) is 4.13. The highest BCUT2D eigenvalue weighted by atomic mass is 19.4. The van der Waals surface area contributed by atoms with E-state index in [1.807, 2.05) is 0 Å². The molecule has 3 N–H and O–H groups in total. The van der Waals surface area contributed by atoms with Gasteiger partial charge in [-0.15, -0.1) is 0 Å². The van der Waals surface area contributed by atoms with Crippen LogP contribution in [0.2, 0.25) is 0 Å². The lowest BCUT2D eigenvalue weighted by molar-refractivity contribution is -0.137. The summed E-state index contributed by atoms with van der Waals surface area (Å²) in [6, 6.07) is 4.71. The van der Waals surface area contributed by atoms with E-state index in [2.05, 4.69) is 5.32 Å². The summed E-state index contributed by atoms with van der Waals surface area (Å²) in [5, 5.41) is 22.6. The molecule has 138 valence electrons. The van der Waals surface area contributed by atoms with Crippen LogP contribution in [0.3, 0.4) is 0 Å². The van der Waals surface area contributed by atoms with Crippen molar-refractivity contribution in [2.45, 2.75) is 56.5 Å². The van der Waals surface area contributed by atoms with Gasteiger partial charge in [-0.05, 0) is 42.4 Å². The highest BCUT2D eigenvalue weighted by Gasteiger charge is 2.52. The minimum Gasteiger partial charge on any atom is -0.390 e. The zero-order valence-electron chi connectivity index (χ0n) is 13.8. The lowest BCUT2D eigenvalue weighted by atomic mass is 9.90. The van der Waals surface area contributed by atoms with Gasteiger partial charge in [-0.3, -0.25) is 4.79 Å². The number of carbonyl (C=O) groups is 1. The molecule has 1 aromatic rings. The van der Waals surface area contributed by atoms with Crippen LogP contribution in [0, 0.1) is 11.8 Å². The Hall–Kier alpha value is -1.60. The van der Waals surface area contributed by atoms with E-state index >= 15 is 0 Å². The molecule has 2 aliphatic carbocycles. The summed E-state index contributed by atoms with van der Waals surface area (Å²) in [7, 11) is 0. The van der Waals surface area contributed by atoms with E-state index in [9.17, 15) is 28.2 Å². The number of amides is 1. The number of alkyl halides is 3. The third-order valence-corrected chi connectivity index (χ3v) is 5.56. The molecule has 1 aromatic carbocycles. The van der Waals surface area contributed by atoms with Gasteiger partial charge in [-0.25, -0.2) is 0 Å². The quantitative estimate of drug-likeness (QED) is 0.775. The normalized spacial score (nSPS) is 32.6. The van der Waals surface area contributed by atoms with Crippen LogP contribution in [0.25, 0.3) is 0 Å². The van der Waals surface area contributed by atoms with Gasteiger partial charge in [-0.1, -0.05) is 19.1 Å². The molecule has 4 nitrogen and oxygen atoms in total. The molecule has 6 atom stereocenters. The maximum absolute atomic E-state index is 12.6. The van der Waals surface area contributed by atoms with E-state index < -0.39 is 23.9 Å². The van der Waals surface area contributed by atoms with Crippen molar-refractivity contribution in [3.63, 3.8) is 0 Å². The van der Waals surface area contributed by atoms with Crippen molar-refractivity contribution >= 4 is 5.91 Å². The number of halogens is 3. The van der Waals surface area contributed by atoms with Gasteiger partial charge in [-0.2, -0.15) is 13.2 Å². The summed E-state index contributed by atoms with van der Waals surface area (Å²) in [5.74, 6) is -0.494. The Balaban J connectivity index is 1.55. The van der Waals surface area contributed by atoms with Crippen LogP contribution in [0.4, 0.5) is 13.2 Å². The Morgan fingerprint density at radius 2 is 1.84 bits per heavy atom. The van der Waals surface area contributed by atoms with Crippen LogP contribution in [0.5, 0.6) is 0 Å². The van der Waals surface area contributed by atoms with Crippen molar-refractivity contribution in [3.8, 4) is 0 Å². The van der Waals surface area contributed by atoms with Gasteiger partial charge in [0, 0.05) is 18.4 Å². The molecule has 0 saturated heterocycles. The first-order valence-corrected chi connectivity index (χ1v) is 8.49. The second-order valence-electron chi connectivity index (χ2n) is 7.28. The lowest BCUT2D eigenvalue weighted by Gasteiger charge is -2.30. The maximum atomic E-state index is 12.6. The highest BCUT2D eigenvalue weighted by Crippen LogP contribution is 2.45. The second-order valence-corrected chi connectivity index (χ2v) is 7.28. The molecule has 2 bridgehead atoms. The van der Waals surface area contributed by atoms with Crippen LogP contribution < -0.4 is 5.32 Å². The molecule has 0 aromatic heterocycles. The van der Waals surface area contributed by atoms with Crippen LogP contribution >= 0.6 is 0 Å². The Morgan fingerprint density at radius 1 is 1.20 bits per heavy atom. The molecule has 2 aliphatic rings. The summed E-state index contributed by atoms with van der Waals surface area (Å²) < 4.78 is 37.8. The Labute approximate surface area is 144 Å². The zero-order chi connectivity index (χ0) is 18.4. The van der Waals surface area contributed by atoms with E-state index in [1.54, 1.807) is 6.92 Å². The minimum absolute atomic E-state index is 0.0256. The summed E-state index contributed by atoms with van der Waals surface area (Å²) in [6.07, 6.45) is -4.34. The summed E-state index contributed by atoms with van der Waals surface area (Å²) in [6.45, 7) is 1.79. The topological polar surface area (TPSA) is 69.6 Å². The highest BCUT2D eigenvalue weighted by molar-refractivity contribution is 5.77. The van der Waals surface area contributed by atoms with Crippen molar-refractivity contribution in [2.75, 3.05) is 0 Å². The van der Waals surface area contributed by atoms with Crippen molar-refractivity contribution in [1.82, 2.24) is 5.32 Å². The number of aliphatic hydroxyl groups is 2. The molecule has 25 heavy (non-hydrogen) atoms. The lowest BCUT2D eigenvalue weighted by Crippen LogP contribution is -2.47. The van der Waals surface area contributed by atoms with Crippen molar-refractivity contribution in [3.05, 3.63) is 35.4 Å². The molecular weight excluding hydrogens is 335 g/mol. The predicted octanol–water partition coefficient (Wildman–Crippen LogP) is 2.45. The fraction of sp³-hybridized carbons (Fsp3) is 0.611. The van der Waals surface area contributed by atoms with Gasteiger partial charge in [0.05, 0.1) is 17.8 Å². The molecule has 0 spiro atoms. The molecule has 0 heterocycles. The summed E-state index contributed by atoms with van der Waals surface area (Å²) >= 11 is 0. The first kappa shape index (κ1) is 18.2. The minimum atomic E-state index is -4.37. The Bertz CT molecular complexity index is 629. The molecule has 2 saturated carbocycles. The van der Waals surface area contributed by atoms with Crippen LogP contribution in [0.1, 0.15) is 43.2 Å². The van der Waals surface area contributed by atoms with Gasteiger partial charge in [0.25, 0.3) is 0 Å². The zero-order valence-corrected chi connectivity index (χ0v) is 13.8. The van der Waals surface area contributed by atoms with Gasteiger partial charge in [0.1, 0.15) is 0 Å². The number of carbonyl (C=O) groups excluding carboxylic acids is 1. The molecule has 0 radical (unpaired) electrons. The van der Waals surface area contributed by atoms with Gasteiger partial charge < -0.3 is 15.5 Å². The van der Waals surface area contributed by atoms with E-state index in [1.165, 1.54) is 12.1 Å². The Morgan fingerprint density at radius 3 is 2.36 bits per heavy atom. The van der Waals surface area contributed by atoms with Gasteiger partial charge in [0.2, 0.25) is 5.91 Å². The van der Waals surface area contributed by atoms with E-state index in [0.717, 1.165) is 12.1 Å². The van der Waals surface area contributed by atoms with Crippen molar-refractivity contribution < 1.29 is 28.2 Å². The molecule has 6 unspecified atom stereocenters. The first-order valence-electron chi connectivity index (χ1n) is 8.49. The number of nitrogens with one attached hydrogen (secondary N) is 1. The van der Waals surface area contributed by atoms with Crippen LogP contribution in [-0.2, 0) is 11.0 Å². The molecule has 1 amide bonds. The van der Waals surface area contributed by atoms with E-state index in [4.69, 9.17) is 0 Å². The smallest absolute Gasteiger partial charge is 0.390 e. The Kier molecular flexibility index (Phi) is 4.81. The molecule has 7 heteroatoms. The maximum Gasteiger partial charge on any atom is 0.416 e. The van der Waals surface area contributed by atoms with Gasteiger partial charge in [0.15, 0.2) is 0 Å². The number of benzene rings is 1. The number of rotatable bonds is 4. The summed E-state index contributed by atoms with van der Waals surface area (Å²) in [5.41, 5.74) is -0.0334. The summed E-state index contributed by atoms with van der Waals surface area (Å²) in [4.78, 5) is 12.2. The average Bonchev–Trinajstić information content (AvgIpc) is 3.06. The predicted molar refractivity (Wildman–Crippen MR) is 84.6 cm³/mol. The number of aliphatic hydroxyl groups excluding tert-OH is 2. The average molecular weight is 357 g/mol. The first-order chi connectivity index (χ1) is 11.7. The van der Waals surface area contributed by atoms with Crippen molar-refractivity contribution in [2.24, 2.45) is 11.8 Å². The molecule has 3 rings (SSSR count). The van der Waals surface area contributed by atoms with E-state index in [0.29, 0.717) is 18.4 Å².